The summed E-state index contributed by atoms with van der Waals surface area (Å²) in [4.78, 5) is 11.2. The van der Waals surface area contributed by atoms with Crippen LogP contribution in [0.5, 0.6) is 0 Å². The van der Waals surface area contributed by atoms with Crippen LogP contribution in [-0.2, 0) is 4.79 Å². The standard InChI is InChI=1S/C12H13F2NO2/c13-8-3-2-7(6-9(8)14)10(15)12(11(16)17)4-1-5-12/h2-3,6,10H,1,4-5,15H2,(H,16,17). The lowest BCUT2D eigenvalue weighted by molar-refractivity contribution is -0.156. The van der Waals surface area contributed by atoms with Crippen molar-refractivity contribution in [1.82, 2.24) is 0 Å². The van der Waals surface area contributed by atoms with Crippen LogP contribution < -0.4 is 5.73 Å². The summed E-state index contributed by atoms with van der Waals surface area (Å²) in [5.41, 5.74) is 5.19. The molecule has 0 spiro atoms. The molecule has 0 bridgehead atoms. The third-order valence-corrected chi connectivity index (χ3v) is 3.57. The topological polar surface area (TPSA) is 63.3 Å². The fraction of sp³-hybridized carbons (Fsp3) is 0.417. The Hall–Kier alpha value is -1.49. The van der Waals surface area contributed by atoms with Crippen molar-refractivity contribution in [3.63, 3.8) is 0 Å². The number of halogens is 2. The molecule has 1 aliphatic rings. The molecule has 3 nitrogen and oxygen atoms in total. The zero-order valence-electron chi connectivity index (χ0n) is 9.12. The van der Waals surface area contributed by atoms with Gasteiger partial charge in [0.15, 0.2) is 11.6 Å². The molecular formula is C12H13F2NO2. The fourth-order valence-electron chi connectivity index (χ4n) is 2.24. The van der Waals surface area contributed by atoms with Crippen molar-refractivity contribution in [3.8, 4) is 0 Å². The molecule has 1 atom stereocenters. The minimum Gasteiger partial charge on any atom is -0.481 e. The lowest BCUT2D eigenvalue weighted by Crippen LogP contribution is -2.46. The molecule has 0 amide bonds. The Bertz CT molecular complexity index is 458. The number of nitrogens with two attached hydrogens (primary N) is 1. The van der Waals surface area contributed by atoms with Crippen LogP contribution in [0.15, 0.2) is 18.2 Å². The second-order valence-corrected chi connectivity index (χ2v) is 4.47. The third-order valence-electron chi connectivity index (χ3n) is 3.57. The highest BCUT2D eigenvalue weighted by molar-refractivity contribution is 5.77. The van der Waals surface area contributed by atoms with Gasteiger partial charge in [-0.2, -0.15) is 0 Å². The van der Waals surface area contributed by atoms with Crippen molar-refractivity contribution >= 4 is 5.97 Å². The fourth-order valence-corrected chi connectivity index (χ4v) is 2.24. The molecule has 0 aromatic heterocycles. The smallest absolute Gasteiger partial charge is 0.311 e. The number of hydrogen-bond donors (Lipinski definition) is 2. The molecule has 0 heterocycles. The summed E-state index contributed by atoms with van der Waals surface area (Å²) in [5.74, 6) is -2.93. The third kappa shape index (κ3) is 1.80. The zero-order chi connectivity index (χ0) is 12.6. The van der Waals surface area contributed by atoms with Gasteiger partial charge in [0, 0.05) is 6.04 Å². The number of hydrogen-bond acceptors (Lipinski definition) is 2. The predicted octanol–water partition coefficient (Wildman–Crippen LogP) is 2.22. The predicted molar refractivity (Wildman–Crippen MR) is 57.2 cm³/mol. The highest BCUT2D eigenvalue weighted by atomic mass is 19.2. The van der Waals surface area contributed by atoms with E-state index in [1.165, 1.54) is 6.07 Å². The van der Waals surface area contributed by atoms with E-state index in [4.69, 9.17) is 5.73 Å². The van der Waals surface area contributed by atoms with Crippen LogP contribution in [0.4, 0.5) is 8.78 Å². The van der Waals surface area contributed by atoms with Crippen molar-refractivity contribution in [2.24, 2.45) is 11.1 Å². The lowest BCUT2D eigenvalue weighted by Gasteiger charge is -2.42. The maximum Gasteiger partial charge on any atom is 0.311 e. The van der Waals surface area contributed by atoms with Crippen LogP contribution >= 0.6 is 0 Å². The van der Waals surface area contributed by atoms with Crippen molar-refractivity contribution < 1.29 is 18.7 Å². The van der Waals surface area contributed by atoms with Crippen LogP contribution in [-0.4, -0.2) is 11.1 Å². The van der Waals surface area contributed by atoms with Crippen molar-refractivity contribution in [2.45, 2.75) is 25.3 Å². The van der Waals surface area contributed by atoms with Gasteiger partial charge in [-0.3, -0.25) is 4.79 Å². The van der Waals surface area contributed by atoms with Gasteiger partial charge in [0.1, 0.15) is 0 Å². The monoisotopic (exact) mass is 241 g/mol. The van der Waals surface area contributed by atoms with Crippen molar-refractivity contribution in [1.29, 1.82) is 0 Å². The van der Waals surface area contributed by atoms with Gasteiger partial charge in [-0.1, -0.05) is 12.5 Å². The van der Waals surface area contributed by atoms with Gasteiger partial charge in [0.25, 0.3) is 0 Å². The molecule has 5 heteroatoms. The highest BCUT2D eigenvalue weighted by Crippen LogP contribution is 2.49. The molecule has 0 saturated heterocycles. The molecule has 1 aromatic carbocycles. The van der Waals surface area contributed by atoms with E-state index in [0.29, 0.717) is 18.4 Å². The van der Waals surface area contributed by atoms with Crippen LogP contribution in [0, 0.1) is 17.0 Å². The van der Waals surface area contributed by atoms with Crippen molar-refractivity contribution in [2.75, 3.05) is 0 Å². The van der Waals surface area contributed by atoms with Crippen LogP contribution in [0.1, 0.15) is 30.9 Å². The zero-order valence-corrected chi connectivity index (χ0v) is 9.12. The first kappa shape index (κ1) is 12.0. The molecule has 17 heavy (non-hydrogen) atoms. The number of benzene rings is 1. The summed E-state index contributed by atoms with van der Waals surface area (Å²) < 4.78 is 25.9. The summed E-state index contributed by atoms with van der Waals surface area (Å²) in [5, 5.41) is 9.19. The van der Waals surface area contributed by atoms with Gasteiger partial charge in [-0.05, 0) is 30.5 Å². The van der Waals surface area contributed by atoms with Gasteiger partial charge in [0.05, 0.1) is 5.41 Å². The molecule has 1 unspecified atom stereocenters. The summed E-state index contributed by atoms with van der Waals surface area (Å²) in [6.45, 7) is 0. The second-order valence-electron chi connectivity index (χ2n) is 4.47. The van der Waals surface area contributed by atoms with E-state index >= 15 is 0 Å². The Morgan fingerprint density at radius 1 is 1.35 bits per heavy atom. The van der Waals surface area contributed by atoms with Crippen molar-refractivity contribution in [3.05, 3.63) is 35.4 Å². The normalized spacial score (nSPS) is 19.5. The molecular weight excluding hydrogens is 228 g/mol. The van der Waals surface area contributed by atoms with Crippen LogP contribution in [0.25, 0.3) is 0 Å². The Morgan fingerprint density at radius 2 is 2.00 bits per heavy atom. The molecule has 0 aliphatic heterocycles. The minimum atomic E-state index is -1.02. The molecule has 3 N–H and O–H groups in total. The first-order chi connectivity index (χ1) is 7.97. The summed E-state index contributed by atoms with van der Waals surface area (Å²) in [7, 11) is 0. The number of rotatable bonds is 3. The Labute approximate surface area is 97.2 Å². The number of carboxylic acid groups (broad SMARTS) is 1. The maximum atomic E-state index is 13.1. The summed E-state index contributed by atoms with van der Waals surface area (Å²) in [6, 6.07) is 2.48. The number of carbonyl (C=O) groups is 1. The lowest BCUT2D eigenvalue weighted by atomic mass is 9.62. The average Bonchev–Trinajstić information content (AvgIpc) is 2.19. The average molecular weight is 241 g/mol. The largest absolute Gasteiger partial charge is 0.481 e. The Kier molecular flexibility index (Phi) is 2.87. The Morgan fingerprint density at radius 3 is 2.41 bits per heavy atom. The molecule has 1 fully saturated rings. The van der Waals surface area contributed by atoms with Crippen LogP contribution in [0.2, 0.25) is 0 Å². The first-order valence-corrected chi connectivity index (χ1v) is 5.41. The maximum absolute atomic E-state index is 13.1. The molecule has 92 valence electrons. The van der Waals surface area contributed by atoms with E-state index in [0.717, 1.165) is 18.6 Å². The Balaban J connectivity index is 2.33. The second kappa shape index (κ2) is 4.07. The van der Waals surface area contributed by atoms with Gasteiger partial charge in [-0.25, -0.2) is 8.78 Å². The molecule has 1 aromatic rings. The van der Waals surface area contributed by atoms with Gasteiger partial charge in [0.2, 0.25) is 0 Å². The van der Waals surface area contributed by atoms with E-state index in [9.17, 15) is 18.7 Å². The minimum absolute atomic E-state index is 0.325. The van der Waals surface area contributed by atoms with Gasteiger partial charge >= 0.3 is 5.97 Å². The van der Waals surface area contributed by atoms with E-state index < -0.39 is 29.1 Å². The first-order valence-electron chi connectivity index (χ1n) is 5.41. The molecule has 1 aliphatic carbocycles. The van der Waals surface area contributed by atoms with Crippen LogP contribution in [0.3, 0.4) is 0 Å². The summed E-state index contributed by atoms with van der Waals surface area (Å²) >= 11 is 0. The van der Waals surface area contributed by atoms with E-state index in [1.807, 2.05) is 0 Å². The number of aliphatic carboxylic acids is 1. The molecule has 1 saturated carbocycles. The quantitative estimate of drug-likeness (QED) is 0.852. The molecule has 2 rings (SSSR count). The summed E-state index contributed by atoms with van der Waals surface area (Å²) in [6.07, 6.45) is 1.74. The van der Waals surface area contributed by atoms with Gasteiger partial charge in [-0.15, -0.1) is 0 Å². The molecule has 0 radical (unpaired) electrons. The van der Waals surface area contributed by atoms with E-state index in [1.54, 1.807) is 0 Å². The SMILES string of the molecule is NC(c1ccc(F)c(F)c1)C1(C(=O)O)CCC1. The van der Waals surface area contributed by atoms with E-state index in [2.05, 4.69) is 0 Å². The number of carboxylic acids is 1. The highest BCUT2D eigenvalue weighted by Gasteiger charge is 2.49. The van der Waals surface area contributed by atoms with E-state index in [-0.39, 0.29) is 0 Å². The van der Waals surface area contributed by atoms with Gasteiger partial charge < -0.3 is 10.8 Å².